The molecule has 0 atom stereocenters. The molecule has 2 aromatic rings. The SMILES string of the molecule is CCOC(=O)c1ccccc1NC(=O)c1cc(C(C)C)cc(C(C)C)c1O. The van der Waals surface area contributed by atoms with Gasteiger partial charge in [-0.1, -0.05) is 45.9 Å². The zero-order valence-electron chi connectivity index (χ0n) is 16.5. The number of phenols is 1. The van der Waals surface area contributed by atoms with Crippen LogP contribution >= 0.6 is 0 Å². The molecular formula is C22H27NO4. The summed E-state index contributed by atoms with van der Waals surface area (Å²) in [5.74, 6) is -0.714. The zero-order valence-corrected chi connectivity index (χ0v) is 16.5. The first-order valence-corrected chi connectivity index (χ1v) is 9.20. The number of nitrogens with one attached hydrogen (secondary N) is 1. The van der Waals surface area contributed by atoms with Crippen molar-refractivity contribution >= 4 is 17.6 Å². The number of para-hydroxylation sites is 1. The van der Waals surface area contributed by atoms with Crippen molar-refractivity contribution in [2.24, 2.45) is 0 Å². The number of amides is 1. The van der Waals surface area contributed by atoms with Crippen molar-refractivity contribution < 1.29 is 19.4 Å². The second-order valence-corrected chi connectivity index (χ2v) is 7.04. The van der Waals surface area contributed by atoms with Gasteiger partial charge in [-0.2, -0.15) is 0 Å². The van der Waals surface area contributed by atoms with Crippen molar-refractivity contribution in [3.8, 4) is 5.75 Å². The van der Waals surface area contributed by atoms with Gasteiger partial charge in [-0.15, -0.1) is 0 Å². The highest BCUT2D eigenvalue weighted by molar-refractivity contribution is 6.09. The highest BCUT2D eigenvalue weighted by Gasteiger charge is 2.21. The Morgan fingerprint density at radius 2 is 1.70 bits per heavy atom. The van der Waals surface area contributed by atoms with Crippen LogP contribution in [0.2, 0.25) is 0 Å². The maximum absolute atomic E-state index is 12.9. The Hall–Kier alpha value is -2.82. The van der Waals surface area contributed by atoms with Crippen LogP contribution in [0.25, 0.3) is 0 Å². The maximum atomic E-state index is 12.9. The number of esters is 1. The first-order chi connectivity index (χ1) is 12.8. The summed E-state index contributed by atoms with van der Waals surface area (Å²) in [7, 11) is 0. The monoisotopic (exact) mass is 369 g/mol. The van der Waals surface area contributed by atoms with Gasteiger partial charge >= 0.3 is 5.97 Å². The predicted molar refractivity (Wildman–Crippen MR) is 107 cm³/mol. The van der Waals surface area contributed by atoms with Gasteiger partial charge in [0.25, 0.3) is 5.91 Å². The minimum Gasteiger partial charge on any atom is -0.507 e. The maximum Gasteiger partial charge on any atom is 0.340 e. The molecule has 0 unspecified atom stereocenters. The van der Waals surface area contributed by atoms with E-state index >= 15 is 0 Å². The largest absolute Gasteiger partial charge is 0.507 e. The third kappa shape index (κ3) is 4.67. The van der Waals surface area contributed by atoms with E-state index in [0.717, 1.165) is 11.1 Å². The molecular weight excluding hydrogens is 342 g/mol. The van der Waals surface area contributed by atoms with E-state index in [1.807, 2.05) is 33.8 Å². The van der Waals surface area contributed by atoms with Crippen LogP contribution in [0.1, 0.15) is 78.3 Å². The smallest absolute Gasteiger partial charge is 0.340 e. The zero-order chi connectivity index (χ0) is 20.1. The molecule has 1 amide bonds. The summed E-state index contributed by atoms with van der Waals surface area (Å²) in [6.45, 7) is 9.98. The third-order valence-corrected chi connectivity index (χ3v) is 4.37. The molecule has 0 fully saturated rings. The lowest BCUT2D eigenvalue weighted by atomic mass is 9.91. The van der Waals surface area contributed by atoms with Crippen molar-refractivity contribution in [3.63, 3.8) is 0 Å². The first kappa shape index (κ1) is 20.5. The standard InChI is InChI=1S/C22H27NO4/c1-6-27-22(26)16-9-7-8-10-19(16)23-21(25)18-12-15(13(2)3)11-17(14(4)5)20(18)24/h7-14,24H,6H2,1-5H3,(H,23,25). The van der Waals surface area contributed by atoms with E-state index in [1.165, 1.54) is 0 Å². The number of carbonyl (C=O) groups excluding carboxylic acids is 2. The van der Waals surface area contributed by atoms with Gasteiger partial charge in [0.15, 0.2) is 0 Å². The summed E-state index contributed by atoms with van der Waals surface area (Å²) < 4.78 is 5.04. The highest BCUT2D eigenvalue weighted by atomic mass is 16.5. The van der Waals surface area contributed by atoms with E-state index in [4.69, 9.17) is 4.74 Å². The molecule has 2 rings (SSSR count). The van der Waals surface area contributed by atoms with Crippen LogP contribution < -0.4 is 5.32 Å². The van der Waals surface area contributed by atoms with E-state index in [1.54, 1.807) is 37.3 Å². The predicted octanol–water partition coefficient (Wildman–Crippen LogP) is 5.07. The van der Waals surface area contributed by atoms with Crippen LogP contribution in [0.4, 0.5) is 5.69 Å². The molecule has 0 aliphatic carbocycles. The highest BCUT2D eigenvalue weighted by Crippen LogP contribution is 2.33. The number of hydrogen-bond donors (Lipinski definition) is 2. The summed E-state index contributed by atoms with van der Waals surface area (Å²) in [5, 5.41) is 13.4. The molecule has 0 spiro atoms. The van der Waals surface area contributed by atoms with Gasteiger partial charge in [-0.05, 0) is 48.1 Å². The summed E-state index contributed by atoms with van der Waals surface area (Å²) in [6.07, 6.45) is 0. The second kappa shape index (κ2) is 8.71. The Morgan fingerprint density at radius 3 is 2.30 bits per heavy atom. The van der Waals surface area contributed by atoms with E-state index < -0.39 is 11.9 Å². The quantitative estimate of drug-likeness (QED) is 0.697. The lowest BCUT2D eigenvalue weighted by Gasteiger charge is -2.17. The molecule has 0 radical (unpaired) electrons. The molecule has 5 heteroatoms. The van der Waals surface area contributed by atoms with Crippen molar-refractivity contribution in [1.29, 1.82) is 0 Å². The molecule has 0 aliphatic heterocycles. The van der Waals surface area contributed by atoms with Crippen LogP contribution in [0.5, 0.6) is 5.75 Å². The molecule has 0 bridgehead atoms. The van der Waals surface area contributed by atoms with Crippen molar-refractivity contribution in [2.75, 3.05) is 11.9 Å². The van der Waals surface area contributed by atoms with Crippen LogP contribution in [-0.4, -0.2) is 23.6 Å². The average Bonchev–Trinajstić information content (AvgIpc) is 2.61. The van der Waals surface area contributed by atoms with E-state index in [0.29, 0.717) is 5.69 Å². The lowest BCUT2D eigenvalue weighted by molar-refractivity contribution is 0.0527. The Morgan fingerprint density at radius 1 is 1.04 bits per heavy atom. The van der Waals surface area contributed by atoms with Gasteiger partial charge in [0.2, 0.25) is 0 Å². The molecule has 27 heavy (non-hydrogen) atoms. The molecule has 2 aromatic carbocycles. The first-order valence-electron chi connectivity index (χ1n) is 9.20. The number of hydrogen-bond acceptors (Lipinski definition) is 4. The van der Waals surface area contributed by atoms with Gasteiger partial charge in [0, 0.05) is 0 Å². The summed E-state index contributed by atoms with van der Waals surface area (Å²) in [4.78, 5) is 25.0. The number of aromatic hydroxyl groups is 1. The fraction of sp³-hybridized carbons (Fsp3) is 0.364. The molecule has 144 valence electrons. The van der Waals surface area contributed by atoms with Crippen LogP contribution in [0, 0.1) is 0 Å². The number of ether oxygens (including phenoxy) is 1. The van der Waals surface area contributed by atoms with Gasteiger partial charge in [-0.3, -0.25) is 4.79 Å². The molecule has 0 heterocycles. The van der Waals surface area contributed by atoms with Crippen molar-refractivity contribution in [3.05, 3.63) is 58.7 Å². The number of anilines is 1. The topological polar surface area (TPSA) is 75.6 Å². The molecule has 0 saturated heterocycles. The third-order valence-electron chi connectivity index (χ3n) is 4.37. The van der Waals surface area contributed by atoms with E-state index in [9.17, 15) is 14.7 Å². The van der Waals surface area contributed by atoms with Crippen LogP contribution in [0.3, 0.4) is 0 Å². The normalized spacial score (nSPS) is 10.9. The molecule has 2 N–H and O–H groups in total. The van der Waals surface area contributed by atoms with Crippen LogP contribution in [0.15, 0.2) is 36.4 Å². The minimum atomic E-state index is -0.503. The summed E-state index contributed by atoms with van der Waals surface area (Å²) >= 11 is 0. The van der Waals surface area contributed by atoms with Gasteiger partial charge in [0.1, 0.15) is 5.75 Å². The van der Waals surface area contributed by atoms with Crippen molar-refractivity contribution in [1.82, 2.24) is 0 Å². The Labute approximate surface area is 160 Å². The molecule has 0 saturated carbocycles. The number of carbonyl (C=O) groups is 2. The minimum absolute atomic E-state index is 0.0273. The van der Waals surface area contributed by atoms with Gasteiger partial charge < -0.3 is 15.2 Å². The average molecular weight is 369 g/mol. The molecule has 0 aromatic heterocycles. The summed E-state index contributed by atoms with van der Waals surface area (Å²) in [5.41, 5.74) is 2.52. The number of phenolic OH excluding ortho intramolecular Hbond substituents is 1. The van der Waals surface area contributed by atoms with E-state index in [2.05, 4.69) is 5.32 Å². The second-order valence-electron chi connectivity index (χ2n) is 7.04. The van der Waals surface area contributed by atoms with Crippen molar-refractivity contribution in [2.45, 2.75) is 46.5 Å². The lowest BCUT2D eigenvalue weighted by Crippen LogP contribution is -2.17. The number of rotatable bonds is 6. The van der Waals surface area contributed by atoms with Gasteiger partial charge in [0.05, 0.1) is 23.4 Å². The van der Waals surface area contributed by atoms with Gasteiger partial charge in [-0.25, -0.2) is 4.79 Å². The molecule has 5 nitrogen and oxygen atoms in total. The molecule has 0 aliphatic rings. The summed E-state index contributed by atoms with van der Waals surface area (Å²) in [6, 6.07) is 10.3. The fourth-order valence-corrected chi connectivity index (χ4v) is 2.80. The Bertz CT molecular complexity index is 840. The number of benzene rings is 2. The fourth-order valence-electron chi connectivity index (χ4n) is 2.80. The Balaban J connectivity index is 2.44. The van der Waals surface area contributed by atoms with E-state index in [-0.39, 0.29) is 35.3 Å². The Kier molecular flexibility index (Phi) is 6.61. The van der Waals surface area contributed by atoms with Crippen LogP contribution in [-0.2, 0) is 4.74 Å².